The number of halogens is 1. The van der Waals surface area contributed by atoms with Crippen LogP contribution in [-0.4, -0.2) is 21.4 Å². The highest BCUT2D eigenvalue weighted by Gasteiger charge is 2.19. The van der Waals surface area contributed by atoms with Gasteiger partial charge in [-0.2, -0.15) is 5.10 Å². The largest absolute Gasteiger partial charge is 0.502 e. The molecular weight excluding hydrogens is 335 g/mol. The minimum Gasteiger partial charge on any atom is -0.502 e. The molecule has 0 unspecified atom stereocenters. The first-order chi connectivity index (χ1) is 11.5. The van der Waals surface area contributed by atoms with E-state index in [0.29, 0.717) is 5.75 Å². The summed E-state index contributed by atoms with van der Waals surface area (Å²) in [6.45, 7) is 0. The van der Waals surface area contributed by atoms with Crippen LogP contribution < -0.4 is 5.73 Å². The normalized spacial score (nSPS) is 11.8. The van der Waals surface area contributed by atoms with Crippen LogP contribution in [0.1, 0.15) is 11.1 Å². The first kappa shape index (κ1) is 17.4. The number of aromatic hydroxyl groups is 1. The third kappa shape index (κ3) is 4.53. The molecule has 124 valence electrons. The molecule has 0 fully saturated rings. The van der Waals surface area contributed by atoms with Gasteiger partial charge >= 0.3 is 5.69 Å². The van der Waals surface area contributed by atoms with Crippen LogP contribution in [0.25, 0.3) is 0 Å². The Morgan fingerprint density at radius 3 is 2.71 bits per heavy atom. The third-order valence-corrected chi connectivity index (χ3v) is 3.77. The van der Waals surface area contributed by atoms with Gasteiger partial charge in [0, 0.05) is 11.8 Å². The van der Waals surface area contributed by atoms with Crippen LogP contribution in [0.4, 0.5) is 10.1 Å². The van der Waals surface area contributed by atoms with E-state index in [4.69, 9.17) is 5.73 Å². The maximum absolute atomic E-state index is 13.6. The number of nitrogens with zero attached hydrogens (tertiary/aromatic N) is 3. The van der Waals surface area contributed by atoms with E-state index in [1.807, 2.05) is 30.3 Å². The van der Waals surface area contributed by atoms with Crippen LogP contribution in [0.15, 0.2) is 52.7 Å². The summed E-state index contributed by atoms with van der Waals surface area (Å²) in [6.07, 6.45) is 0.883. The highest BCUT2D eigenvalue weighted by molar-refractivity contribution is 8.13. The molecule has 0 saturated carbocycles. The van der Waals surface area contributed by atoms with Crippen LogP contribution in [0.5, 0.6) is 5.75 Å². The zero-order valence-electron chi connectivity index (χ0n) is 12.3. The molecule has 0 aromatic heterocycles. The smallest absolute Gasteiger partial charge is 0.311 e. The van der Waals surface area contributed by atoms with Crippen LogP contribution in [0, 0.1) is 15.9 Å². The molecule has 0 aliphatic carbocycles. The average Bonchev–Trinajstić information content (AvgIpc) is 2.56. The lowest BCUT2D eigenvalue weighted by atomic mass is 10.2. The van der Waals surface area contributed by atoms with Crippen molar-refractivity contribution in [3.8, 4) is 5.75 Å². The molecule has 0 amide bonds. The van der Waals surface area contributed by atoms with Gasteiger partial charge in [0.1, 0.15) is 5.82 Å². The fourth-order valence-corrected chi connectivity index (χ4v) is 2.36. The fourth-order valence-electron chi connectivity index (χ4n) is 1.75. The zero-order valence-corrected chi connectivity index (χ0v) is 13.1. The van der Waals surface area contributed by atoms with E-state index in [9.17, 15) is 19.6 Å². The number of nitro groups is 1. The van der Waals surface area contributed by atoms with Gasteiger partial charge in [0.15, 0.2) is 5.17 Å². The molecule has 0 heterocycles. The molecule has 7 nitrogen and oxygen atoms in total. The molecular formula is C15H13FN4O3S. The monoisotopic (exact) mass is 348 g/mol. The summed E-state index contributed by atoms with van der Waals surface area (Å²) in [4.78, 5) is 9.89. The van der Waals surface area contributed by atoms with Gasteiger partial charge in [0.25, 0.3) is 0 Å². The van der Waals surface area contributed by atoms with E-state index in [1.54, 1.807) is 0 Å². The Hall–Kier alpha value is -2.94. The Morgan fingerprint density at radius 2 is 2.04 bits per heavy atom. The molecule has 0 radical (unpaired) electrons. The van der Waals surface area contributed by atoms with Crippen LogP contribution in [0.2, 0.25) is 0 Å². The molecule has 0 aliphatic rings. The molecule has 3 N–H and O–H groups in total. The Bertz CT molecular complexity index is 797. The molecule has 2 aromatic rings. The SMILES string of the molecule is NC(=NN=Cc1c(F)ccc([N+](=O)[O-])c1O)SCc1ccccc1. The lowest BCUT2D eigenvalue weighted by Crippen LogP contribution is -2.06. The minimum atomic E-state index is -0.854. The van der Waals surface area contributed by atoms with Crippen molar-refractivity contribution in [1.82, 2.24) is 0 Å². The van der Waals surface area contributed by atoms with Crippen LogP contribution in [0.3, 0.4) is 0 Å². The second-order valence-electron chi connectivity index (χ2n) is 4.54. The topological polar surface area (TPSA) is 114 Å². The summed E-state index contributed by atoms with van der Waals surface area (Å²) < 4.78 is 13.6. The van der Waals surface area contributed by atoms with E-state index in [1.165, 1.54) is 11.8 Å². The number of nitrogens with two attached hydrogens (primary N) is 1. The van der Waals surface area contributed by atoms with Crippen molar-refractivity contribution in [2.45, 2.75) is 5.75 Å². The molecule has 0 aliphatic heterocycles. The quantitative estimate of drug-likeness (QED) is 0.373. The highest BCUT2D eigenvalue weighted by Crippen LogP contribution is 2.30. The highest BCUT2D eigenvalue weighted by atomic mass is 32.2. The van der Waals surface area contributed by atoms with E-state index in [0.717, 1.165) is 23.9 Å². The van der Waals surface area contributed by atoms with E-state index < -0.39 is 27.7 Å². The van der Waals surface area contributed by atoms with Gasteiger partial charge in [0.05, 0.1) is 16.7 Å². The van der Waals surface area contributed by atoms with Gasteiger partial charge in [-0.25, -0.2) is 4.39 Å². The van der Waals surface area contributed by atoms with Gasteiger partial charge in [-0.3, -0.25) is 10.1 Å². The molecule has 9 heteroatoms. The second kappa shape index (κ2) is 8.06. The second-order valence-corrected chi connectivity index (χ2v) is 5.54. The Labute approximate surface area is 140 Å². The lowest BCUT2D eigenvalue weighted by Gasteiger charge is -2.01. The fraction of sp³-hybridized carbons (Fsp3) is 0.0667. The Balaban J connectivity index is 2.07. The molecule has 0 atom stereocenters. The van der Waals surface area contributed by atoms with Crippen molar-refractivity contribution in [3.05, 3.63) is 69.5 Å². The Kier molecular flexibility index (Phi) is 5.85. The van der Waals surface area contributed by atoms with Crippen LogP contribution in [-0.2, 0) is 5.75 Å². The number of hydrogen-bond donors (Lipinski definition) is 2. The third-order valence-electron chi connectivity index (χ3n) is 2.91. The summed E-state index contributed by atoms with van der Waals surface area (Å²) in [5.41, 5.74) is 5.68. The first-order valence-corrected chi connectivity index (χ1v) is 7.66. The number of thioether (sulfide) groups is 1. The van der Waals surface area contributed by atoms with Gasteiger partial charge in [-0.1, -0.05) is 42.1 Å². The van der Waals surface area contributed by atoms with Crippen molar-refractivity contribution in [2.75, 3.05) is 0 Å². The number of nitro benzene ring substituents is 1. The van der Waals surface area contributed by atoms with Gasteiger partial charge in [-0.15, -0.1) is 5.10 Å². The summed E-state index contributed by atoms with van der Waals surface area (Å²) in [5, 5.41) is 27.8. The predicted molar refractivity (Wildman–Crippen MR) is 91.7 cm³/mol. The summed E-state index contributed by atoms with van der Waals surface area (Å²) in [7, 11) is 0. The van der Waals surface area contributed by atoms with E-state index >= 15 is 0 Å². The number of benzene rings is 2. The first-order valence-electron chi connectivity index (χ1n) is 6.68. The van der Waals surface area contributed by atoms with Gasteiger partial charge in [-0.05, 0) is 11.6 Å². The predicted octanol–water partition coefficient (Wildman–Crippen LogP) is 3.02. The average molecular weight is 348 g/mol. The summed E-state index contributed by atoms with van der Waals surface area (Å²) in [5.74, 6) is -1.08. The van der Waals surface area contributed by atoms with Crippen LogP contribution >= 0.6 is 11.8 Å². The number of amidine groups is 1. The molecule has 2 aromatic carbocycles. The van der Waals surface area contributed by atoms with Crippen molar-refractivity contribution >= 4 is 28.8 Å². The summed E-state index contributed by atoms with van der Waals surface area (Å²) >= 11 is 1.23. The Morgan fingerprint density at radius 1 is 1.33 bits per heavy atom. The van der Waals surface area contributed by atoms with Crippen molar-refractivity contribution < 1.29 is 14.4 Å². The molecule has 0 saturated heterocycles. The molecule has 24 heavy (non-hydrogen) atoms. The summed E-state index contributed by atoms with van der Waals surface area (Å²) in [6, 6.07) is 11.3. The number of phenolic OH excluding ortho intramolecular Hbond substituents is 1. The minimum absolute atomic E-state index is 0.139. The molecule has 0 spiro atoms. The molecule has 2 rings (SSSR count). The van der Waals surface area contributed by atoms with Gasteiger partial charge in [0.2, 0.25) is 5.75 Å². The zero-order chi connectivity index (χ0) is 17.5. The number of hydrogen-bond acceptors (Lipinski definition) is 6. The number of phenols is 1. The van der Waals surface area contributed by atoms with E-state index in [-0.39, 0.29) is 5.17 Å². The maximum Gasteiger partial charge on any atom is 0.311 e. The maximum atomic E-state index is 13.6. The van der Waals surface area contributed by atoms with Gasteiger partial charge < -0.3 is 10.8 Å². The van der Waals surface area contributed by atoms with Crippen molar-refractivity contribution in [3.63, 3.8) is 0 Å². The van der Waals surface area contributed by atoms with Crippen molar-refractivity contribution in [2.24, 2.45) is 15.9 Å². The standard InChI is InChI=1S/C15H13FN4O3S/c16-12-6-7-13(20(22)23)14(21)11(12)8-18-19-15(17)24-9-10-4-2-1-3-5-10/h1-8,21H,9H2,(H2,17,19). The lowest BCUT2D eigenvalue weighted by molar-refractivity contribution is -0.385. The van der Waals surface area contributed by atoms with E-state index in [2.05, 4.69) is 10.2 Å². The number of rotatable bonds is 5. The van der Waals surface area contributed by atoms with Crippen molar-refractivity contribution in [1.29, 1.82) is 0 Å². The molecule has 0 bridgehead atoms.